The zero-order chi connectivity index (χ0) is 26.6. The number of anilines is 1. The SMILES string of the molecule is COc1ccc(S(=O)(=O)CCC(=O)N(CCN2CCOCC2)c2nc3c(S(C)(=O)=O)cccc3s2)cc1. The molecule has 0 radical (unpaired) electrons. The largest absolute Gasteiger partial charge is 0.497 e. The van der Waals surface area contributed by atoms with E-state index in [0.717, 1.165) is 19.3 Å². The second-order valence-corrected chi connectivity index (χ2v) is 13.7. The number of para-hydroxylation sites is 1. The van der Waals surface area contributed by atoms with Crippen molar-refractivity contribution in [2.45, 2.75) is 16.2 Å². The lowest BCUT2D eigenvalue weighted by Gasteiger charge is -2.29. The lowest BCUT2D eigenvalue weighted by Crippen LogP contribution is -2.43. The lowest BCUT2D eigenvalue weighted by molar-refractivity contribution is -0.118. The molecule has 1 aliphatic rings. The highest BCUT2D eigenvalue weighted by molar-refractivity contribution is 7.91. The molecular formula is C24H29N3O7S3. The maximum absolute atomic E-state index is 13.4. The minimum Gasteiger partial charge on any atom is -0.497 e. The third-order valence-corrected chi connectivity index (χ3v) is 9.95. The van der Waals surface area contributed by atoms with Gasteiger partial charge in [0.15, 0.2) is 24.8 Å². The van der Waals surface area contributed by atoms with Gasteiger partial charge in [0.05, 0.1) is 40.6 Å². The molecule has 200 valence electrons. The number of carbonyl (C=O) groups excluding carboxylic acids is 1. The molecule has 1 aliphatic heterocycles. The van der Waals surface area contributed by atoms with Crippen LogP contribution in [-0.2, 0) is 29.2 Å². The van der Waals surface area contributed by atoms with Gasteiger partial charge in [0.2, 0.25) is 5.91 Å². The monoisotopic (exact) mass is 567 g/mol. The number of carbonyl (C=O) groups is 1. The number of nitrogens with zero attached hydrogens (tertiary/aromatic N) is 3. The molecule has 10 nitrogen and oxygen atoms in total. The Labute approximate surface area is 220 Å². The number of amides is 1. The fourth-order valence-corrected chi connectivity index (χ4v) is 7.14. The first kappa shape index (κ1) is 27.5. The Morgan fingerprint density at radius 3 is 2.46 bits per heavy atom. The van der Waals surface area contributed by atoms with Crippen molar-refractivity contribution >= 4 is 52.3 Å². The summed E-state index contributed by atoms with van der Waals surface area (Å²) >= 11 is 1.21. The first-order chi connectivity index (χ1) is 17.6. The normalized spacial score (nSPS) is 15.1. The van der Waals surface area contributed by atoms with Crippen LogP contribution < -0.4 is 9.64 Å². The van der Waals surface area contributed by atoms with E-state index in [1.54, 1.807) is 24.3 Å². The van der Waals surface area contributed by atoms with Gasteiger partial charge < -0.3 is 9.47 Å². The summed E-state index contributed by atoms with van der Waals surface area (Å²) in [4.78, 5) is 21.8. The van der Waals surface area contributed by atoms with Gasteiger partial charge in [0.25, 0.3) is 0 Å². The summed E-state index contributed by atoms with van der Waals surface area (Å²) in [5, 5.41) is 0.339. The van der Waals surface area contributed by atoms with Crippen molar-refractivity contribution in [2.24, 2.45) is 0 Å². The Morgan fingerprint density at radius 2 is 1.81 bits per heavy atom. The van der Waals surface area contributed by atoms with Crippen LogP contribution in [-0.4, -0.2) is 91.1 Å². The molecule has 0 N–H and O–H groups in total. The minimum absolute atomic E-state index is 0.0927. The van der Waals surface area contributed by atoms with Crippen LogP contribution in [0.25, 0.3) is 10.2 Å². The van der Waals surface area contributed by atoms with Crippen molar-refractivity contribution in [3.05, 3.63) is 42.5 Å². The van der Waals surface area contributed by atoms with Crippen molar-refractivity contribution in [1.82, 2.24) is 9.88 Å². The first-order valence-electron chi connectivity index (χ1n) is 11.7. The third-order valence-electron chi connectivity index (χ3n) is 6.05. The lowest BCUT2D eigenvalue weighted by atomic mass is 10.3. The van der Waals surface area contributed by atoms with Crippen molar-refractivity contribution < 1.29 is 31.1 Å². The van der Waals surface area contributed by atoms with Gasteiger partial charge in [-0.15, -0.1) is 0 Å². The standard InChI is InChI=1S/C24H29N3O7S3/c1-33-18-6-8-19(9-7-18)37(31,32)17-10-22(28)27(12-11-26-13-15-34-16-14-26)24-25-23-20(35-24)4-3-5-21(23)36(2,29)30/h3-9H,10-17H2,1-2H3. The number of thiazole rings is 1. The highest BCUT2D eigenvalue weighted by Crippen LogP contribution is 2.33. The molecule has 37 heavy (non-hydrogen) atoms. The Morgan fingerprint density at radius 1 is 1.11 bits per heavy atom. The van der Waals surface area contributed by atoms with Gasteiger partial charge >= 0.3 is 0 Å². The molecule has 1 fully saturated rings. The van der Waals surface area contributed by atoms with E-state index >= 15 is 0 Å². The molecule has 2 aromatic carbocycles. The van der Waals surface area contributed by atoms with Crippen molar-refractivity contribution in [1.29, 1.82) is 0 Å². The van der Waals surface area contributed by atoms with E-state index in [1.807, 2.05) is 0 Å². The molecule has 0 spiro atoms. The van der Waals surface area contributed by atoms with Crippen LogP contribution in [0.5, 0.6) is 5.75 Å². The van der Waals surface area contributed by atoms with Crippen LogP contribution in [0.1, 0.15) is 6.42 Å². The Kier molecular flexibility index (Phi) is 8.49. The molecule has 1 aromatic heterocycles. The fourth-order valence-electron chi connectivity index (χ4n) is 3.98. The van der Waals surface area contributed by atoms with Crippen LogP contribution in [0, 0.1) is 0 Å². The van der Waals surface area contributed by atoms with Crippen molar-refractivity contribution in [2.75, 3.05) is 63.4 Å². The second kappa shape index (κ2) is 11.4. The van der Waals surface area contributed by atoms with Gasteiger partial charge in [-0.25, -0.2) is 21.8 Å². The summed E-state index contributed by atoms with van der Waals surface area (Å²) in [5.41, 5.74) is 0.306. The highest BCUT2D eigenvalue weighted by atomic mass is 32.2. The number of rotatable bonds is 10. The molecule has 0 saturated carbocycles. The first-order valence-corrected chi connectivity index (χ1v) is 16.0. The van der Waals surface area contributed by atoms with E-state index in [-0.39, 0.29) is 28.5 Å². The molecule has 0 aliphatic carbocycles. The van der Waals surface area contributed by atoms with E-state index in [0.29, 0.717) is 40.9 Å². The maximum Gasteiger partial charge on any atom is 0.229 e. The third kappa shape index (κ3) is 6.65. The fraction of sp³-hybridized carbons (Fsp3) is 0.417. The predicted octanol–water partition coefficient (Wildman–Crippen LogP) is 2.24. The number of aromatic nitrogens is 1. The van der Waals surface area contributed by atoms with Crippen LogP contribution in [0.2, 0.25) is 0 Å². The Bertz CT molecular complexity index is 1460. The molecule has 0 bridgehead atoms. The summed E-state index contributed by atoms with van der Waals surface area (Å²) in [7, 11) is -5.74. The average Bonchev–Trinajstić information content (AvgIpc) is 3.31. The summed E-state index contributed by atoms with van der Waals surface area (Å²) in [6.45, 7) is 3.50. The second-order valence-electron chi connectivity index (χ2n) is 8.62. The van der Waals surface area contributed by atoms with E-state index < -0.39 is 25.6 Å². The van der Waals surface area contributed by atoms with Crippen LogP contribution >= 0.6 is 11.3 Å². The smallest absolute Gasteiger partial charge is 0.229 e. The summed E-state index contributed by atoms with van der Waals surface area (Å²) in [6.07, 6.45) is 0.874. The van der Waals surface area contributed by atoms with Gasteiger partial charge in [-0.1, -0.05) is 17.4 Å². The number of fused-ring (bicyclic) bond motifs is 1. The van der Waals surface area contributed by atoms with Crippen LogP contribution in [0.15, 0.2) is 52.3 Å². The molecule has 4 rings (SSSR count). The molecule has 1 saturated heterocycles. The van der Waals surface area contributed by atoms with E-state index in [2.05, 4.69) is 9.88 Å². The van der Waals surface area contributed by atoms with Gasteiger partial charge in [-0.3, -0.25) is 14.6 Å². The van der Waals surface area contributed by atoms with Crippen LogP contribution in [0.3, 0.4) is 0 Å². The number of ether oxygens (including phenoxy) is 2. The zero-order valence-corrected chi connectivity index (χ0v) is 23.1. The van der Waals surface area contributed by atoms with Gasteiger partial charge in [-0.2, -0.15) is 0 Å². The molecule has 1 amide bonds. The van der Waals surface area contributed by atoms with E-state index in [4.69, 9.17) is 9.47 Å². The number of hydrogen-bond acceptors (Lipinski definition) is 10. The number of methoxy groups -OCH3 is 1. The van der Waals surface area contributed by atoms with E-state index in [1.165, 1.54) is 41.5 Å². The maximum atomic E-state index is 13.4. The topological polar surface area (TPSA) is 123 Å². The van der Waals surface area contributed by atoms with Crippen molar-refractivity contribution in [3.63, 3.8) is 0 Å². The Hall–Kier alpha value is -2.58. The summed E-state index contributed by atoms with van der Waals surface area (Å²) in [5.74, 6) is -0.231. The number of benzene rings is 2. The quantitative estimate of drug-likeness (QED) is 0.363. The van der Waals surface area contributed by atoms with E-state index in [9.17, 15) is 21.6 Å². The zero-order valence-electron chi connectivity index (χ0n) is 20.6. The Balaban J connectivity index is 1.58. The van der Waals surface area contributed by atoms with Gasteiger partial charge in [0.1, 0.15) is 11.3 Å². The highest BCUT2D eigenvalue weighted by Gasteiger charge is 2.25. The van der Waals surface area contributed by atoms with Crippen molar-refractivity contribution in [3.8, 4) is 5.75 Å². The molecule has 0 atom stereocenters. The molecule has 3 aromatic rings. The molecule has 13 heteroatoms. The predicted molar refractivity (Wildman–Crippen MR) is 142 cm³/mol. The van der Waals surface area contributed by atoms with Crippen LogP contribution in [0.4, 0.5) is 5.13 Å². The molecule has 0 unspecified atom stereocenters. The van der Waals surface area contributed by atoms with Gasteiger partial charge in [0, 0.05) is 38.9 Å². The number of hydrogen-bond donors (Lipinski definition) is 0. The summed E-state index contributed by atoms with van der Waals surface area (Å²) in [6, 6.07) is 10.9. The molecular weight excluding hydrogens is 538 g/mol. The number of morpholine rings is 1. The number of sulfone groups is 2. The molecule has 2 heterocycles. The van der Waals surface area contributed by atoms with Gasteiger partial charge in [-0.05, 0) is 36.4 Å². The summed E-state index contributed by atoms with van der Waals surface area (Å²) < 4.78 is 61.4. The average molecular weight is 568 g/mol. The minimum atomic E-state index is -3.71.